The molecule has 0 fully saturated rings. The number of esters is 2. The molecule has 0 aliphatic rings. The minimum absolute atomic E-state index is 0.391. The van der Waals surface area contributed by atoms with Gasteiger partial charge in [-0.05, 0) is 23.3 Å². The van der Waals surface area contributed by atoms with Gasteiger partial charge in [-0.1, -0.05) is 60.7 Å². The predicted molar refractivity (Wildman–Crippen MR) is 100.0 cm³/mol. The standard InChI is InChI=1S/C22H22O4/c1-17(23)25-21(15-19-9-5-3-6-10-19)13-14-22(26-18(2)24)16-20-11-7-4-8-12-20/h3-14H,15-16H2,1-2H3/b21-13-,22-14-. The fraction of sp³-hybridized carbons (Fsp3) is 0.182. The average molecular weight is 350 g/mol. The fourth-order valence-electron chi connectivity index (χ4n) is 2.41. The molecule has 0 spiro atoms. The van der Waals surface area contributed by atoms with E-state index in [9.17, 15) is 9.59 Å². The summed E-state index contributed by atoms with van der Waals surface area (Å²) in [5.41, 5.74) is 2.04. The van der Waals surface area contributed by atoms with Gasteiger partial charge in [0.05, 0.1) is 0 Å². The van der Waals surface area contributed by atoms with E-state index in [1.165, 1.54) is 13.8 Å². The molecule has 0 saturated heterocycles. The quantitative estimate of drug-likeness (QED) is 0.423. The molecule has 134 valence electrons. The first kappa shape index (κ1) is 19.2. The lowest BCUT2D eigenvalue weighted by molar-refractivity contribution is -0.138. The van der Waals surface area contributed by atoms with Gasteiger partial charge in [0.1, 0.15) is 11.5 Å². The molecule has 2 rings (SSSR count). The Morgan fingerprint density at radius 2 is 1.04 bits per heavy atom. The number of hydrogen-bond acceptors (Lipinski definition) is 4. The zero-order chi connectivity index (χ0) is 18.8. The molecule has 4 heteroatoms. The molecule has 2 aromatic carbocycles. The Morgan fingerprint density at radius 3 is 1.35 bits per heavy atom. The van der Waals surface area contributed by atoms with E-state index in [0.29, 0.717) is 24.4 Å². The van der Waals surface area contributed by atoms with Crippen LogP contribution in [0.2, 0.25) is 0 Å². The molecule has 26 heavy (non-hydrogen) atoms. The third kappa shape index (κ3) is 7.18. The summed E-state index contributed by atoms with van der Waals surface area (Å²) in [7, 11) is 0. The fourth-order valence-corrected chi connectivity index (χ4v) is 2.41. The van der Waals surface area contributed by atoms with Crippen LogP contribution in [0.15, 0.2) is 84.3 Å². The van der Waals surface area contributed by atoms with E-state index in [1.807, 2.05) is 60.7 Å². The van der Waals surface area contributed by atoms with Gasteiger partial charge >= 0.3 is 11.9 Å². The summed E-state index contributed by atoms with van der Waals surface area (Å²) in [5.74, 6) is 0.193. The second kappa shape index (κ2) is 9.99. The molecule has 0 bridgehead atoms. The van der Waals surface area contributed by atoms with E-state index in [4.69, 9.17) is 9.47 Å². The predicted octanol–water partition coefficient (Wildman–Crippen LogP) is 4.37. The number of allylic oxidation sites excluding steroid dienone is 4. The Morgan fingerprint density at radius 1 is 0.692 bits per heavy atom. The molecule has 0 atom stereocenters. The average Bonchev–Trinajstić information content (AvgIpc) is 2.60. The van der Waals surface area contributed by atoms with Crippen LogP contribution in [0.3, 0.4) is 0 Å². The van der Waals surface area contributed by atoms with Crippen LogP contribution in [-0.2, 0) is 31.9 Å². The third-order valence-electron chi connectivity index (χ3n) is 3.45. The van der Waals surface area contributed by atoms with Crippen molar-refractivity contribution in [3.63, 3.8) is 0 Å². The highest BCUT2D eigenvalue weighted by Crippen LogP contribution is 2.14. The van der Waals surface area contributed by atoms with Crippen LogP contribution >= 0.6 is 0 Å². The van der Waals surface area contributed by atoms with Crippen LogP contribution in [0.25, 0.3) is 0 Å². The molecule has 4 nitrogen and oxygen atoms in total. The Labute approximate surface area is 153 Å². The first-order valence-electron chi connectivity index (χ1n) is 8.37. The SMILES string of the molecule is CC(=O)O/C(=C\C=C(\Cc1ccccc1)OC(C)=O)Cc1ccccc1. The number of carbonyl (C=O) groups is 2. The Bertz CT molecular complexity index is 720. The molecule has 0 saturated carbocycles. The van der Waals surface area contributed by atoms with E-state index in [2.05, 4.69) is 0 Å². The molecule has 0 aromatic heterocycles. The van der Waals surface area contributed by atoms with Crippen LogP contribution in [0.1, 0.15) is 25.0 Å². The summed E-state index contributed by atoms with van der Waals surface area (Å²) in [5, 5.41) is 0. The van der Waals surface area contributed by atoms with Gasteiger partial charge in [-0.2, -0.15) is 0 Å². The molecule has 0 N–H and O–H groups in total. The van der Waals surface area contributed by atoms with E-state index < -0.39 is 11.9 Å². The highest BCUT2D eigenvalue weighted by Gasteiger charge is 2.07. The van der Waals surface area contributed by atoms with Crippen LogP contribution < -0.4 is 0 Å². The normalized spacial score (nSPS) is 11.8. The van der Waals surface area contributed by atoms with Gasteiger partial charge in [0, 0.05) is 26.7 Å². The lowest BCUT2D eigenvalue weighted by Gasteiger charge is -2.09. The molecule has 0 aliphatic carbocycles. The summed E-state index contributed by atoms with van der Waals surface area (Å²) in [4.78, 5) is 22.8. The van der Waals surface area contributed by atoms with Crippen molar-refractivity contribution in [2.75, 3.05) is 0 Å². The van der Waals surface area contributed by atoms with Crippen molar-refractivity contribution < 1.29 is 19.1 Å². The summed E-state index contributed by atoms with van der Waals surface area (Å²) in [6.45, 7) is 2.72. The van der Waals surface area contributed by atoms with Gasteiger partial charge < -0.3 is 9.47 Å². The lowest BCUT2D eigenvalue weighted by atomic mass is 10.1. The van der Waals surface area contributed by atoms with Gasteiger partial charge in [-0.15, -0.1) is 0 Å². The molecule has 0 radical (unpaired) electrons. The van der Waals surface area contributed by atoms with E-state index in [1.54, 1.807) is 12.2 Å². The first-order valence-corrected chi connectivity index (χ1v) is 8.37. The second-order valence-corrected chi connectivity index (χ2v) is 5.78. The molecule has 2 aromatic rings. The maximum Gasteiger partial charge on any atom is 0.307 e. The van der Waals surface area contributed by atoms with Crippen molar-refractivity contribution in [3.05, 3.63) is 95.5 Å². The largest absolute Gasteiger partial charge is 0.431 e. The molecule has 0 unspecified atom stereocenters. The maximum atomic E-state index is 11.4. The summed E-state index contributed by atoms with van der Waals surface area (Å²) in [6.07, 6.45) is 4.29. The minimum atomic E-state index is -0.391. The summed E-state index contributed by atoms with van der Waals surface area (Å²) in [6, 6.07) is 19.4. The summed E-state index contributed by atoms with van der Waals surface area (Å²) < 4.78 is 10.6. The number of ether oxygens (including phenoxy) is 2. The molecular weight excluding hydrogens is 328 g/mol. The van der Waals surface area contributed by atoms with Crippen molar-refractivity contribution in [3.8, 4) is 0 Å². The maximum absolute atomic E-state index is 11.4. The molecule has 0 heterocycles. The van der Waals surface area contributed by atoms with Crippen LogP contribution in [0, 0.1) is 0 Å². The zero-order valence-electron chi connectivity index (χ0n) is 15.0. The van der Waals surface area contributed by atoms with Crippen molar-refractivity contribution >= 4 is 11.9 Å². The van der Waals surface area contributed by atoms with Crippen molar-refractivity contribution in [2.45, 2.75) is 26.7 Å². The number of carbonyl (C=O) groups excluding carboxylic acids is 2. The molecule has 0 aliphatic heterocycles. The van der Waals surface area contributed by atoms with Crippen molar-refractivity contribution in [1.29, 1.82) is 0 Å². The van der Waals surface area contributed by atoms with Gasteiger partial charge in [0.15, 0.2) is 0 Å². The van der Waals surface area contributed by atoms with Gasteiger partial charge in [0.25, 0.3) is 0 Å². The van der Waals surface area contributed by atoms with Crippen molar-refractivity contribution in [1.82, 2.24) is 0 Å². The van der Waals surface area contributed by atoms with E-state index in [-0.39, 0.29) is 0 Å². The lowest BCUT2D eigenvalue weighted by Crippen LogP contribution is -2.04. The van der Waals surface area contributed by atoms with Gasteiger partial charge in [-0.3, -0.25) is 9.59 Å². The number of rotatable bonds is 7. The zero-order valence-corrected chi connectivity index (χ0v) is 15.0. The monoisotopic (exact) mass is 350 g/mol. The Balaban J connectivity index is 2.23. The van der Waals surface area contributed by atoms with Crippen LogP contribution in [0.4, 0.5) is 0 Å². The van der Waals surface area contributed by atoms with E-state index >= 15 is 0 Å². The van der Waals surface area contributed by atoms with Crippen LogP contribution in [-0.4, -0.2) is 11.9 Å². The number of hydrogen-bond donors (Lipinski definition) is 0. The molecular formula is C22H22O4. The highest BCUT2D eigenvalue weighted by molar-refractivity contribution is 5.68. The Hall–Kier alpha value is -3.14. The Kier molecular flexibility index (Phi) is 7.37. The van der Waals surface area contributed by atoms with Gasteiger partial charge in [0.2, 0.25) is 0 Å². The second-order valence-electron chi connectivity index (χ2n) is 5.78. The van der Waals surface area contributed by atoms with Crippen molar-refractivity contribution in [2.24, 2.45) is 0 Å². The highest BCUT2D eigenvalue weighted by atomic mass is 16.5. The van der Waals surface area contributed by atoms with Crippen LogP contribution in [0.5, 0.6) is 0 Å². The smallest absolute Gasteiger partial charge is 0.307 e. The van der Waals surface area contributed by atoms with E-state index in [0.717, 1.165) is 11.1 Å². The topological polar surface area (TPSA) is 52.6 Å². The number of benzene rings is 2. The summed E-state index contributed by atoms with van der Waals surface area (Å²) >= 11 is 0. The molecule has 0 amide bonds. The third-order valence-corrected chi connectivity index (χ3v) is 3.45. The van der Waals surface area contributed by atoms with Gasteiger partial charge in [-0.25, -0.2) is 0 Å². The minimum Gasteiger partial charge on any atom is -0.431 e. The first-order chi connectivity index (χ1) is 12.5.